The molecule has 112 valence electrons. The molecule has 0 aromatic carbocycles. The van der Waals surface area contributed by atoms with E-state index in [1.807, 2.05) is 24.8 Å². The average molecular weight is 342 g/mol. The first kappa shape index (κ1) is 17.0. The van der Waals surface area contributed by atoms with Crippen LogP contribution in [0.25, 0.3) is 0 Å². The van der Waals surface area contributed by atoms with Crippen LogP contribution in [0.5, 0.6) is 0 Å². The molecule has 20 heavy (non-hydrogen) atoms. The lowest BCUT2D eigenvalue weighted by atomic mass is 10.1. The summed E-state index contributed by atoms with van der Waals surface area (Å²) in [6, 6.07) is 2.01. The molecule has 0 saturated carbocycles. The van der Waals surface area contributed by atoms with E-state index >= 15 is 0 Å². The zero-order valence-electron chi connectivity index (χ0n) is 12.7. The Balaban J connectivity index is 2.96. The van der Waals surface area contributed by atoms with Gasteiger partial charge in [0.05, 0.1) is 5.56 Å². The van der Waals surface area contributed by atoms with Crippen molar-refractivity contribution in [2.45, 2.75) is 46.1 Å². The zero-order chi connectivity index (χ0) is 15.1. The first-order chi connectivity index (χ1) is 9.51. The number of hydrogen-bond donors (Lipinski definition) is 1. The fourth-order valence-electron chi connectivity index (χ4n) is 2.08. The molecular formula is C15H24BrN3O. The molecule has 0 spiro atoms. The number of aromatic nitrogens is 1. The van der Waals surface area contributed by atoms with Gasteiger partial charge in [-0.3, -0.25) is 4.79 Å². The Morgan fingerprint density at radius 3 is 2.70 bits per heavy atom. The summed E-state index contributed by atoms with van der Waals surface area (Å²) >= 11 is 3.38. The van der Waals surface area contributed by atoms with Crippen molar-refractivity contribution in [2.24, 2.45) is 0 Å². The van der Waals surface area contributed by atoms with Crippen molar-refractivity contribution in [3.63, 3.8) is 0 Å². The smallest absolute Gasteiger partial charge is 0.257 e. The summed E-state index contributed by atoms with van der Waals surface area (Å²) < 4.78 is 0.817. The molecule has 0 aliphatic rings. The lowest BCUT2D eigenvalue weighted by molar-refractivity contribution is 0.0703. The summed E-state index contributed by atoms with van der Waals surface area (Å²) in [5.74, 6) is 0.661. The summed E-state index contributed by atoms with van der Waals surface area (Å²) in [4.78, 5) is 18.9. The number of pyridine rings is 1. The number of rotatable bonds is 7. The molecule has 1 aromatic rings. The molecule has 0 bridgehead atoms. The van der Waals surface area contributed by atoms with Crippen LogP contribution in [0.2, 0.25) is 0 Å². The number of carbonyl (C=O) groups is 1. The summed E-state index contributed by atoms with van der Waals surface area (Å²) in [6.45, 7) is 7.06. The monoisotopic (exact) mass is 341 g/mol. The van der Waals surface area contributed by atoms with Gasteiger partial charge in [-0.1, -0.05) is 19.8 Å². The Kier molecular flexibility index (Phi) is 6.99. The van der Waals surface area contributed by atoms with Gasteiger partial charge >= 0.3 is 0 Å². The van der Waals surface area contributed by atoms with E-state index in [1.54, 1.807) is 13.2 Å². The maximum atomic E-state index is 12.7. The van der Waals surface area contributed by atoms with Gasteiger partial charge < -0.3 is 10.2 Å². The second kappa shape index (κ2) is 8.25. The van der Waals surface area contributed by atoms with Crippen molar-refractivity contribution >= 4 is 27.7 Å². The fraction of sp³-hybridized carbons (Fsp3) is 0.600. The van der Waals surface area contributed by atoms with Crippen LogP contribution < -0.4 is 5.32 Å². The van der Waals surface area contributed by atoms with Crippen LogP contribution in [0, 0.1) is 0 Å². The number of unbranched alkanes of at least 4 members (excludes halogenated alkanes) is 2. The minimum atomic E-state index is 0.0363. The van der Waals surface area contributed by atoms with Crippen molar-refractivity contribution in [3.8, 4) is 0 Å². The molecule has 1 amide bonds. The molecule has 1 heterocycles. The highest BCUT2D eigenvalue weighted by Crippen LogP contribution is 2.20. The first-order valence-electron chi connectivity index (χ1n) is 7.15. The third-order valence-corrected chi connectivity index (χ3v) is 3.64. The molecular weight excluding hydrogens is 318 g/mol. The highest BCUT2D eigenvalue weighted by Gasteiger charge is 2.21. The lowest BCUT2D eigenvalue weighted by Gasteiger charge is -2.27. The van der Waals surface area contributed by atoms with Crippen LogP contribution in [-0.2, 0) is 0 Å². The summed E-state index contributed by atoms with van der Waals surface area (Å²) in [5.41, 5.74) is 0.618. The minimum Gasteiger partial charge on any atom is -0.372 e. The van der Waals surface area contributed by atoms with Crippen molar-refractivity contribution in [1.29, 1.82) is 0 Å². The normalized spacial score (nSPS) is 10.7. The van der Waals surface area contributed by atoms with E-state index in [9.17, 15) is 4.79 Å². The number of nitrogens with zero attached hydrogens (tertiary/aromatic N) is 2. The molecule has 5 heteroatoms. The number of carbonyl (C=O) groups excluding carboxylic acids is 1. The van der Waals surface area contributed by atoms with Crippen LogP contribution in [0.1, 0.15) is 50.4 Å². The van der Waals surface area contributed by atoms with Gasteiger partial charge in [-0.2, -0.15) is 0 Å². The maximum absolute atomic E-state index is 12.7. The predicted octanol–water partition coefficient (Wildman–Crippen LogP) is 3.93. The largest absolute Gasteiger partial charge is 0.372 e. The van der Waals surface area contributed by atoms with E-state index in [0.29, 0.717) is 11.4 Å². The van der Waals surface area contributed by atoms with Gasteiger partial charge in [-0.25, -0.2) is 4.98 Å². The van der Waals surface area contributed by atoms with Crippen molar-refractivity contribution in [3.05, 3.63) is 22.3 Å². The predicted molar refractivity (Wildman–Crippen MR) is 87.2 cm³/mol. The first-order valence-corrected chi connectivity index (χ1v) is 7.94. The minimum absolute atomic E-state index is 0.0363. The van der Waals surface area contributed by atoms with Crippen LogP contribution in [0.15, 0.2) is 16.7 Å². The van der Waals surface area contributed by atoms with Gasteiger partial charge in [0, 0.05) is 30.3 Å². The van der Waals surface area contributed by atoms with E-state index < -0.39 is 0 Å². The van der Waals surface area contributed by atoms with E-state index in [2.05, 4.69) is 33.2 Å². The summed E-state index contributed by atoms with van der Waals surface area (Å²) in [6.07, 6.45) is 5.03. The second-order valence-corrected chi connectivity index (χ2v) is 6.01. The second-order valence-electron chi connectivity index (χ2n) is 5.10. The van der Waals surface area contributed by atoms with Gasteiger partial charge in [-0.15, -0.1) is 0 Å². The number of nitrogens with one attached hydrogen (secondary N) is 1. The highest BCUT2D eigenvalue weighted by molar-refractivity contribution is 9.10. The van der Waals surface area contributed by atoms with Crippen LogP contribution in [0.3, 0.4) is 0 Å². The summed E-state index contributed by atoms with van der Waals surface area (Å²) in [5, 5.41) is 2.99. The molecule has 1 rings (SSSR count). The maximum Gasteiger partial charge on any atom is 0.257 e. The highest BCUT2D eigenvalue weighted by atomic mass is 79.9. The van der Waals surface area contributed by atoms with E-state index in [-0.39, 0.29) is 11.9 Å². The van der Waals surface area contributed by atoms with Gasteiger partial charge in [0.1, 0.15) is 5.82 Å². The average Bonchev–Trinajstić information content (AvgIpc) is 2.42. The van der Waals surface area contributed by atoms with E-state index in [1.165, 1.54) is 0 Å². The molecule has 0 aliphatic heterocycles. The molecule has 1 aromatic heterocycles. The third kappa shape index (κ3) is 4.47. The lowest BCUT2D eigenvalue weighted by Crippen LogP contribution is -2.38. The van der Waals surface area contributed by atoms with Crippen molar-refractivity contribution < 1.29 is 4.79 Å². The van der Waals surface area contributed by atoms with Gasteiger partial charge in [0.15, 0.2) is 0 Å². The third-order valence-electron chi connectivity index (χ3n) is 3.21. The van der Waals surface area contributed by atoms with E-state index in [0.717, 1.165) is 30.3 Å². The Hall–Kier alpha value is -1.10. The molecule has 0 unspecified atom stereocenters. The quantitative estimate of drug-likeness (QED) is 0.764. The molecule has 0 aliphatic carbocycles. The topological polar surface area (TPSA) is 45.2 Å². The molecule has 4 nitrogen and oxygen atoms in total. The van der Waals surface area contributed by atoms with E-state index in [4.69, 9.17) is 0 Å². The Bertz CT molecular complexity index is 449. The van der Waals surface area contributed by atoms with Gasteiger partial charge in [-0.05, 0) is 42.3 Å². The van der Waals surface area contributed by atoms with Crippen LogP contribution >= 0.6 is 15.9 Å². The molecule has 1 N–H and O–H groups in total. The standard InChI is InChI=1S/C15H24BrN3O/c1-5-6-7-8-19(11(2)3)15(20)13-9-12(16)10-18-14(13)17-4/h9-11H,5-8H2,1-4H3,(H,17,18). The van der Waals surface area contributed by atoms with Gasteiger partial charge in [0.2, 0.25) is 0 Å². The Labute approximate surface area is 130 Å². The molecule has 0 fully saturated rings. The van der Waals surface area contributed by atoms with Crippen molar-refractivity contribution in [2.75, 3.05) is 18.9 Å². The Morgan fingerprint density at radius 2 is 2.15 bits per heavy atom. The van der Waals surface area contributed by atoms with Gasteiger partial charge in [0.25, 0.3) is 5.91 Å². The van der Waals surface area contributed by atoms with Crippen LogP contribution in [-0.4, -0.2) is 35.4 Å². The van der Waals surface area contributed by atoms with Crippen LogP contribution in [0.4, 0.5) is 5.82 Å². The Morgan fingerprint density at radius 1 is 1.45 bits per heavy atom. The molecule has 0 radical (unpaired) electrons. The molecule has 0 atom stereocenters. The number of halogens is 1. The number of hydrogen-bond acceptors (Lipinski definition) is 3. The summed E-state index contributed by atoms with van der Waals surface area (Å²) in [7, 11) is 1.78. The SMILES string of the molecule is CCCCCN(C(=O)c1cc(Br)cnc1NC)C(C)C. The number of anilines is 1. The zero-order valence-corrected chi connectivity index (χ0v) is 14.3. The molecule has 0 saturated heterocycles. The van der Waals surface area contributed by atoms with Crippen molar-refractivity contribution in [1.82, 2.24) is 9.88 Å². The fourth-order valence-corrected chi connectivity index (χ4v) is 2.41. The number of amides is 1.